The maximum atomic E-state index is 5.23. The third-order valence-electron chi connectivity index (χ3n) is 4.84. The molecule has 1 aliphatic rings. The number of pyridine rings is 1. The van der Waals surface area contributed by atoms with Crippen LogP contribution in [-0.2, 0) is 0 Å². The summed E-state index contributed by atoms with van der Waals surface area (Å²) < 4.78 is 7.61. The minimum Gasteiger partial charge on any atom is -0.497 e. The molecule has 0 bridgehead atoms. The lowest BCUT2D eigenvalue weighted by Crippen LogP contribution is -2.44. The summed E-state index contributed by atoms with van der Waals surface area (Å²) in [5, 5.41) is 3.34. The first-order valence-electron chi connectivity index (χ1n) is 9.96. The monoisotopic (exact) mass is 422 g/mol. The van der Waals surface area contributed by atoms with E-state index in [1.54, 1.807) is 19.1 Å². The highest BCUT2D eigenvalue weighted by Gasteiger charge is 2.20. The molecule has 0 atom stereocenters. The number of hydrogen-bond donors (Lipinski definition) is 1. The number of nitrogens with one attached hydrogen (secondary N) is 1. The molecule has 0 aliphatic carbocycles. The summed E-state index contributed by atoms with van der Waals surface area (Å²) in [6.45, 7) is 7.64. The zero-order valence-corrected chi connectivity index (χ0v) is 18.3. The Balaban J connectivity index is 1.37. The molecule has 0 amide bonds. The average molecular weight is 423 g/mol. The van der Waals surface area contributed by atoms with Crippen molar-refractivity contribution in [1.82, 2.24) is 19.3 Å². The number of nitrogens with zero attached hydrogens (tertiary/aromatic N) is 5. The van der Waals surface area contributed by atoms with Gasteiger partial charge in [-0.05, 0) is 62.2 Å². The van der Waals surface area contributed by atoms with Crippen molar-refractivity contribution in [3.63, 3.8) is 0 Å². The highest BCUT2D eigenvalue weighted by Crippen LogP contribution is 2.27. The summed E-state index contributed by atoms with van der Waals surface area (Å²) in [5.74, 6) is 2.44. The lowest BCUT2D eigenvalue weighted by atomic mass is 10.3. The number of rotatable bonds is 6. The highest BCUT2D eigenvalue weighted by atomic mass is 32.2. The maximum absolute atomic E-state index is 5.23. The van der Waals surface area contributed by atoms with Crippen molar-refractivity contribution in [3.05, 3.63) is 60.0 Å². The lowest BCUT2D eigenvalue weighted by molar-refractivity contribution is 0.414. The van der Waals surface area contributed by atoms with Crippen molar-refractivity contribution in [2.45, 2.75) is 18.7 Å². The smallest absolute Gasteiger partial charge is 0.227 e. The molecule has 0 spiro atoms. The van der Waals surface area contributed by atoms with Crippen LogP contribution in [0, 0.1) is 13.8 Å². The zero-order valence-electron chi connectivity index (χ0n) is 17.5. The van der Waals surface area contributed by atoms with Gasteiger partial charge in [0.05, 0.1) is 19.0 Å². The molecule has 0 saturated carbocycles. The van der Waals surface area contributed by atoms with Gasteiger partial charge in [-0.15, -0.1) is 0 Å². The first kappa shape index (κ1) is 20.4. The van der Waals surface area contributed by atoms with Crippen molar-refractivity contribution in [2.24, 2.45) is 0 Å². The number of benzene rings is 1. The number of aromatic nitrogens is 3. The van der Waals surface area contributed by atoms with Crippen LogP contribution in [0.4, 0.5) is 17.5 Å². The fourth-order valence-corrected chi connectivity index (χ4v) is 4.11. The molecule has 3 aromatic rings. The quantitative estimate of drug-likeness (QED) is 0.597. The second-order valence-electron chi connectivity index (χ2n) is 7.19. The van der Waals surface area contributed by atoms with Crippen molar-refractivity contribution < 1.29 is 4.74 Å². The van der Waals surface area contributed by atoms with E-state index >= 15 is 0 Å². The molecule has 1 fully saturated rings. The largest absolute Gasteiger partial charge is 0.497 e. The summed E-state index contributed by atoms with van der Waals surface area (Å²) in [6, 6.07) is 14.1. The van der Waals surface area contributed by atoms with Gasteiger partial charge in [-0.3, -0.25) is 4.98 Å². The van der Waals surface area contributed by atoms with E-state index in [0.717, 1.165) is 60.8 Å². The molecule has 156 valence electrons. The topological polar surface area (TPSA) is 66.4 Å². The number of anilines is 3. The molecule has 8 heteroatoms. The Morgan fingerprint density at radius 3 is 2.37 bits per heavy atom. The van der Waals surface area contributed by atoms with E-state index in [-0.39, 0.29) is 0 Å². The molecule has 1 N–H and O–H groups in total. The molecule has 1 aliphatic heterocycles. The zero-order chi connectivity index (χ0) is 20.9. The van der Waals surface area contributed by atoms with Gasteiger partial charge in [0, 0.05) is 48.5 Å². The van der Waals surface area contributed by atoms with Gasteiger partial charge >= 0.3 is 0 Å². The van der Waals surface area contributed by atoms with Gasteiger partial charge in [-0.25, -0.2) is 9.29 Å². The number of ether oxygens (including phenoxy) is 1. The molecule has 7 nitrogen and oxygen atoms in total. The standard InChI is InChI=1S/C22H26N6OS/c1-16-4-5-18(15-23-16)25-21-14-17(2)24-22(26-21)27-10-12-28(13-11-27)30-20-8-6-19(29-3)7-9-20/h4-9,14-15H,10-13H2,1-3H3,(H,24,25,26). The van der Waals surface area contributed by atoms with Gasteiger partial charge in [-0.1, -0.05) is 0 Å². The van der Waals surface area contributed by atoms with E-state index < -0.39 is 0 Å². The minimum atomic E-state index is 0.770. The Morgan fingerprint density at radius 1 is 0.933 bits per heavy atom. The first-order valence-corrected chi connectivity index (χ1v) is 10.7. The van der Waals surface area contributed by atoms with E-state index in [2.05, 4.69) is 36.6 Å². The molecular weight excluding hydrogens is 396 g/mol. The van der Waals surface area contributed by atoms with Gasteiger partial charge in [0.1, 0.15) is 11.6 Å². The van der Waals surface area contributed by atoms with Gasteiger partial charge in [-0.2, -0.15) is 4.98 Å². The van der Waals surface area contributed by atoms with Crippen LogP contribution < -0.4 is 15.0 Å². The molecule has 2 aromatic heterocycles. The van der Waals surface area contributed by atoms with Gasteiger partial charge in [0.15, 0.2) is 0 Å². The van der Waals surface area contributed by atoms with Crippen LogP contribution in [0.25, 0.3) is 0 Å². The fraction of sp³-hybridized carbons (Fsp3) is 0.318. The number of aryl methyl sites for hydroxylation is 2. The molecule has 0 unspecified atom stereocenters. The molecular formula is C22H26N6OS. The third-order valence-corrected chi connectivity index (χ3v) is 5.95. The first-order chi connectivity index (χ1) is 14.6. The number of methoxy groups -OCH3 is 1. The molecule has 1 saturated heterocycles. The normalized spacial score (nSPS) is 14.6. The molecule has 4 rings (SSSR count). The summed E-state index contributed by atoms with van der Waals surface area (Å²) in [7, 11) is 1.69. The molecule has 0 radical (unpaired) electrons. The Kier molecular flexibility index (Phi) is 6.35. The van der Waals surface area contributed by atoms with Crippen LogP contribution in [0.1, 0.15) is 11.4 Å². The second kappa shape index (κ2) is 9.32. The fourth-order valence-electron chi connectivity index (χ4n) is 3.21. The minimum absolute atomic E-state index is 0.770. The number of hydrogen-bond acceptors (Lipinski definition) is 8. The van der Waals surface area contributed by atoms with E-state index in [4.69, 9.17) is 9.72 Å². The van der Waals surface area contributed by atoms with Crippen LogP contribution in [0.5, 0.6) is 5.75 Å². The van der Waals surface area contributed by atoms with Crippen molar-refractivity contribution >= 4 is 29.4 Å². The predicted octanol–water partition coefficient (Wildman–Crippen LogP) is 4.07. The van der Waals surface area contributed by atoms with Crippen LogP contribution >= 0.6 is 11.9 Å². The van der Waals surface area contributed by atoms with Gasteiger partial charge in [0.25, 0.3) is 0 Å². The van der Waals surface area contributed by atoms with Crippen LogP contribution in [-0.4, -0.2) is 52.5 Å². The van der Waals surface area contributed by atoms with Crippen molar-refractivity contribution in [2.75, 3.05) is 43.5 Å². The maximum Gasteiger partial charge on any atom is 0.227 e. The number of piperazine rings is 1. The Bertz CT molecular complexity index is 972. The van der Waals surface area contributed by atoms with Crippen molar-refractivity contribution in [1.29, 1.82) is 0 Å². The third kappa shape index (κ3) is 5.20. The Labute approximate surface area is 181 Å². The Hall–Kier alpha value is -2.84. The molecule has 1 aromatic carbocycles. The van der Waals surface area contributed by atoms with E-state index in [1.165, 1.54) is 4.90 Å². The van der Waals surface area contributed by atoms with Crippen LogP contribution in [0.3, 0.4) is 0 Å². The van der Waals surface area contributed by atoms with Crippen LogP contribution in [0.15, 0.2) is 53.6 Å². The SMILES string of the molecule is COc1ccc(SN2CCN(c3nc(C)cc(Nc4ccc(C)nc4)n3)CC2)cc1. The predicted molar refractivity (Wildman–Crippen MR) is 122 cm³/mol. The average Bonchev–Trinajstić information content (AvgIpc) is 2.76. The molecule has 3 heterocycles. The van der Waals surface area contributed by atoms with E-state index in [1.807, 2.05) is 50.4 Å². The van der Waals surface area contributed by atoms with E-state index in [9.17, 15) is 0 Å². The summed E-state index contributed by atoms with van der Waals surface area (Å²) in [5.41, 5.74) is 2.86. The summed E-state index contributed by atoms with van der Waals surface area (Å²) in [6.07, 6.45) is 1.82. The summed E-state index contributed by atoms with van der Waals surface area (Å²) >= 11 is 1.78. The van der Waals surface area contributed by atoms with E-state index in [0.29, 0.717) is 0 Å². The van der Waals surface area contributed by atoms with Crippen molar-refractivity contribution in [3.8, 4) is 5.75 Å². The summed E-state index contributed by atoms with van der Waals surface area (Å²) in [4.78, 5) is 17.2. The van der Waals surface area contributed by atoms with Gasteiger partial charge in [0.2, 0.25) is 5.95 Å². The molecule has 30 heavy (non-hydrogen) atoms. The highest BCUT2D eigenvalue weighted by molar-refractivity contribution is 7.97. The lowest BCUT2D eigenvalue weighted by Gasteiger charge is -2.34. The van der Waals surface area contributed by atoms with Gasteiger partial charge < -0.3 is 15.0 Å². The van der Waals surface area contributed by atoms with Crippen LogP contribution in [0.2, 0.25) is 0 Å². The Morgan fingerprint density at radius 2 is 1.70 bits per heavy atom. The second-order valence-corrected chi connectivity index (χ2v) is 8.36.